The van der Waals surface area contributed by atoms with Gasteiger partial charge in [0.2, 0.25) is 0 Å². The maximum atomic E-state index is 6.06. The smallest absolute Gasteiger partial charge is 0.122 e. The Balaban J connectivity index is 1.50. The molecule has 134 valence electrons. The molecule has 0 spiro atoms. The summed E-state index contributed by atoms with van der Waals surface area (Å²) in [5, 5.41) is 0.751. The van der Waals surface area contributed by atoms with E-state index in [4.69, 9.17) is 16.3 Å². The number of halogens is 1. The van der Waals surface area contributed by atoms with Gasteiger partial charge in [-0.15, -0.1) is 0 Å². The molecule has 0 bridgehead atoms. The van der Waals surface area contributed by atoms with E-state index in [1.807, 2.05) is 30.3 Å². The number of hydrogen-bond acceptors (Lipinski definition) is 3. The highest BCUT2D eigenvalue weighted by atomic mass is 35.5. The third kappa shape index (κ3) is 5.74. The quantitative estimate of drug-likeness (QED) is 0.741. The van der Waals surface area contributed by atoms with Crippen molar-refractivity contribution in [1.29, 1.82) is 0 Å². The topological polar surface area (TPSA) is 15.7 Å². The van der Waals surface area contributed by atoms with Crippen LogP contribution in [0.3, 0.4) is 0 Å². The molecule has 0 atom stereocenters. The van der Waals surface area contributed by atoms with Gasteiger partial charge in [-0.3, -0.25) is 0 Å². The van der Waals surface area contributed by atoms with E-state index in [1.165, 1.54) is 38.2 Å². The molecule has 2 aromatic rings. The molecule has 0 saturated carbocycles. The van der Waals surface area contributed by atoms with E-state index in [9.17, 15) is 0 Å². The second-order valence-corrected chi connectivity index (χ2v) is 7.21. The SMILES string of the molecule is CN1CCN(CCCc2ccccc2OCc2cccc(Cl)c2)CC1. The van der Waals surface area contributed by atoms with Gasteiger partial charge in [0.25, 0.3) is 0 Å². The molecular formula is C21H27ClN2O. The summed E-state index contributed by atoms with van der Waals surface area (Å²) in [7, 11) is 2.20. The zero-order chi connectivity index (χ0) is 17.5. The van der Waals surface area contributed by atoms with E-state index in [1.54, 1.807) is 0 Å². The van der Waals surface area contributed by atoms with Gasteiger partial charge in [0.05, 0.1) is 0 Å². The Labute approximate surface area is 156 Å². The minimum Gasteiger partial charge on any atom is -0.489 e. The molecule has 0 aromatic heterocycles. The second-order valence-electron chi connectivity index (χ2n) is 6.77. The minimum atomic E-state index is 0.552. The standard InChI is InChI=1S/C21H27ClN2O/c1-23-12-14-24(15-13-23)11-5-8-19-7-2-3-10-21(19)25-17-18-6-4-9-20(22)16-18/h2-4,6-7,9-10,16H,5,8,11-15,17H2,1H3. The van der Waals surface area contributed by atoms with E-state index in [0.29, 0.717) is 6.61 Å². The Kier molecular flexibility index (Phi) is 6.74. The van der Waals surface area contributed by atoms with Crippen LogP contribution in [-0.2, 0) is 13.0 Å². The van der Waals surface area contributed by atoms with Gasteiger partial charge in [-0.2, -0.15) is 0 Å². The summed E-state index contributed by atoms with van der Waals surface area (Å²) >= 11 is 6.05. The molecule has 1 aliphatic rings. The number of nitrogens with zero attached hydrogens (tertiary/aromatic N) is 2. The van der Waals surface area contributed by atoms with Crippen LogP contribution in [0.1, 0.15) is 17.5 Å². The Hall–Kier alpha value is -1.55. The van der Waals surface area contributed by atoms with Gasteiger partial charge in [-0.1, -0.05) is 41.9 Å². The summed E-state index contributed by atoms with van der Waals surface area (Å²) in [5.74, 6) is 0.987. The molecule has 1 fully saturated rings. The number of benzene rings is 2. The summed E-state index contributed by atoms with van der Waals surface area (Å²) in [6.45, 7) is 6.44. The zero-order valence-corrected chi connectivity index (χ0v) is 15.7. The Bertz CT molecular complexity index is 668. The van der Waals surface area contributed by atoms with Crippen molar-refractivity contribution in [3.05, 3.63) is 64.7 Å². The van der Waals surface area contributed by atoms with Gasteiger partial charge in [0.15, 0.2) is 0 Å². The molecule has 0 N–H and O–H groups in total. The molecule has 3 rings (SSSR count). The number of para-hydroxylation sites is 1. The minimum absolute atomic E-state index is 0.552. The van der Waals surface area contributed by atoms with Crippen molar-refractivity contribution in [1.82, 2.24) is 9.80 Å². The van der Waals surface area contributed by atoms with Crippen molar-refractivity contribution in [3.8, 4) is 5.75 Å². The third-order valence-electron chi connectivity index (χ3n) is 4.77. The van der Waals surface area contributed by atoms with Crippen LogP contribution in [0.2, 0.25) is 5.02 Å². The Morgan fingerprint density at radius 1 is 1.00 bits per heavy atom. The van der Waals surface area contributed by atoms with Crippen LogP contribution in [0.25, 0.3) is 0 Å². The van der Waals surface area contributed by atoms with Gasteiger partial charge in [0.1, 0.15) is 12.4 Å². The molecule has 4 heteroatoms. The molecule has 3 nitrogen and oxygen atoms in total. The molecule has 0 aliphatic carbocycles. The van der Waals surface area contributed by atoms with Crippen LogP contribution in [-0.4, -0.2) is 49.6 Å². The molecule has 1 aliphatic heterocycles. The molecule has 2 aromatic carbocycles. The highest BCUT2D eigenvalue weighted by Gasteiger charge is 2.13. The molecule has 1 saturated heterocycles. The third-order valence-corrected chi connectivity index (χ3v) is 5.01. The lowest BCUT2D eigenvalue weighted by Crippen LogP contribution is -2.44. The van der Waals surface area contributed by atoms with Crippen LogP contribution in [0.5, 0.6) is 5.75 Å². The summed E-state index contributed by atoms with van der Waals surface area (Å²) in [4.78, 5) is 4.96. The van der Waals surface area contributed by atoms with Crippen LogP contribution in [0.15, 0.2) is 48.5 Å². The fraction of sp³-hybridized carbons (Fsp3) is 0.429. The summed E-state index contributed by atoms with van der Waals surface area (Å²) in [5.41, 5.74) is 2.39. The first-order valence-corrected chi connectivity index (χ1v) is 9.44. The lowest BCUT2D eigenvalue weighted by atomic mass is 10.1. The number of likely N-dealkylation sites (N-methyl/N-ethyl adjacent to an activating group) is 1. The molecular weight excluding hydrogens is 332 g/mol. The predicted octanol–water partition coefficient (Wildman–Crippen LogP) is 4.10. The maximum Gasteiger partial charge on any atom is 0.122 e. The average molecular weight is 359 g/mol. The Morgan fingerprint density at radius 2 is 1.80 bits per heavy atom. The van der Waals surface area contributed by atoms with Gasteiger partial charge in [-0.25, -0.2) is 0 Å². The van der Waals surface area contributed by atoms with Crippen molar-refractivity contribution in [2.75, 3.05) is 39.8 Å². The number of piperazine rings is 1. The predicted molar refractivity (Wildman–Crippen MR) is 104 cm³/mol. The summed E-state index contributed by atoms with van der Waals surface area (Å²) in [6.07, 6.45) is 2.22. The fourth-order valence-corrected chi connectivity index (χ4v) is 3.42. The first-order valence-electron chi connectivity index (χ1n) is 9.07. The highest BCUT2D eigenvalue weighted by molar-refractivity contribution is 6.30. The van der Waals surface area contributed by atoms with Gasteiger partial charge < -0.3 is 14.5 Å². The summed E-state index contributed by atoms with van der Waals surface area (Å²) < 4.78 is 6.06. The van der Waals surface area contributed by atoms with Gasteiger partial charge in [0, 0.05) is 31.2 Å². The van der Waals surface area contributed by atoms with Crippen molar-refractivity contribution in [3.63, 3.8) is 0 Å². The number of hydrogen-bond donors (Lipinski definition) is 0. The number of rotatable bonds is 7. The monoisotopic (exact) mass is 358 g/mol. The van der Waals surface area contributed by atoms with E-state index in [2.05, 4.69) is 35.0 Å². The average Bonchev–Trinajstić information content (AvgIpc) is 2.63. The lowest BCUT2D eigenvalue weighted by Gasteiger charge is -2.32. The number of aryl methyl sites for hydroxylation is 1. The normalized spacial score (nSPS) is 16.1. The molecule has 0 amide bonds. The van der Waals surface area contributed by atoms with Gasteiger partial charge in [-0.05, 0) is 55.8 Å². The van der Waals surface area contributed by atoms with Crippen LogP contribution in [0.4, 0.5) is 0 Å². The molecule has 0 unspecified atom stereocenters. The van der Waals surface area contributed by atoms with E-state index >= 15 is 0 Å². The zero-order valence-electron chi connectivity index (χ0n) is 15.0. The molecule has 0 radical (unpaired) electrons. The largest absolute Gasteiger partial charge is 0.489 e. The maximum absolute atomic E-state index is 6.06. The summed E-state index contributed by atoms with van der Waals surface area (Å²) in [6, 6.07) is 16.2. The Morgan fingerprint density at radius 3 is 2.60 bits per heavy atom. The van der Waals surface area contributed by atoms with Crippen molar-refractivity contribution >= 4 is 11.6 Å². The van der Waals surface area contributed by atoms with Crippen molar-refractivity contribution in [2.45, 2.75) is 19.4 Å². The van der Waals surface area contributed by atoms with Crippen LogP contribution >= 0.6 is 11.6 Å². The fourth-order valence-electron chi connectivity index (χ4n) is 3.20. The molecule has 1 heterocycles. The first kappa shape index (κ1) is 18.2. The second kappa shape index (κ2) is 9.23. The highest BCUT2D eigenvalue weighted by Crippen LogP contribution is 2.22. The van der Waals surface area contributed by atoms with Crippen LogP contribution < -0.4 is 4.74 Å². The van der Waals surface area contributed by atoms with E-state index in [-0.39, 0.29) is 0 Å². The first-order chi connectivity index (χ1) is 12.2. The van der Waals surface area contributed by atoms with Crippen molar-refractivity contribution < 1.29 is 4.74 Å². The van der Waals surface area contributed by atoms with Crippen molar-refractivity contribution in [2.24, 2.45) is 0 Å². The van der Waals surface area contributed by atoms with Gasteiger partial charge >= 0.3 is 0 Å². The number of ether oxygens (including phenoxy) is 1. The van der Waals surface area contributed by atoms with E-state index < -0.39 is 0 Å². The van der Waals surface area contributed by atoms with Crippen LogP contribution in [0, 0.1) is 0 Å². The molecule has 25 heavy (non-hydrogen) atoms. The van der Waals surface area contributed by atoms with E-state index in [0.717, 1.165) is 29.3 Å². The lowest BCUT2D eigenvalue weighted by molar-refractivity contribution is 0.153.